The highest BCUT2D eigenvalue weighted by atomic mass is 32.2. The van der Waals surface area contributed by atoms with Gasteiger partial charge in [0, 0.05) is 32.4 Å². The number of carbonyl (C=O) groups excluding carboxylic acids is 2. The lowest BCUT2D eigenvalue weighted by Crippen LogP contribution is -2.32. The molecule has 3 rings (SSSR count). The molecule has 0 radical (unpaired) electrons. The molecule has 0 unspecified atom stereocenters. The summed E-state index contributed by atoms with van der Waals surface area (Å²) in [7, 11) is -2.10. The van der Waals surface area contributed by atoms with Gasteiger partial charge in [-0.3, -0.25) is 4.79 Å². The molecule has 0 aromatic carbocycles. The van der Waals surface area contributed by atoms with Crippen LogP contribution < -0.4 is 5.32 Å². The van der Waals surface area contributed by atoms with Gasteiger partial charge in [-0.25, -0.2) is 13.2 Å². The minimum atomic E-state index is -3.66. The van der Waals surface area contributed by atoms with Crippen molar-refractivity contribution < 1.29 is 27.3 Å². The van der Waals surface area contributed by atoms with Crippen molar-refractivity contribution in [1.29, 1.82) is 0 Å². The molecule has 0 aliphatic carbocycles. The molecule has 0 saturated carbocycles. The molecule has 1 aliphatic heterocycles. The number of anilines is 1. The van der Waals surface area contributed by atoms with Gasteiger partial charge in [0.15, 0.2) is 11.9 Å². The summed E-state index contributed by atoms with van der Waals surface area (Å²) in [5.74, 6) is -0.581. The number of ether oxygens (including phenoxy) is 1. The summed E-state index contributed by atoms with van der Waals surface area (Å²) in [4.78, 5) is 25.0. The van der Waals surface area contributed by atoms with Crippen LogP contribution in [0, 0.1) is 6.92 Å². The topological polar surface area (TPSA) is 124 Å². The average Bonchev–Trinajstić information content (AvgIpc) is 3.41. The van der Waals surface area contributed by atoms with E-state index in [1.165, 1.54) is 21.1 Å². The highest BCUT2D eigenvalue weighted by Crippen LogP contribution is 2.23. The third-order valence-electron chi connectivity index (χ3n) is 4.68. The summed E-state index contributed by atoms with van der Waals surface area (Å²) in [5, 5.41) is 6.19. The molecule has 2 aromatic heterocycles. The highest BCUT2D eigenvalue weighted by molar-refractivity contribution is 7.89. The van der Waals surface area contributed by atoms with E-state index < -0.39 is 28.0 Å². The Morgan fingerprint density at radius 2 is 2.00 bits per heavy atom. The van der Waals surface area contributed by atoms with Crippen LogP contribution in [0.4, 0.5) is 5.82 Å². The fourth-order valence-electron chi connectivity index (χ4n) is 3.10. The van der Waals surface area contributed by atoms with Crippen LogP contribution in [-0.2, 0) is 26.6 Å². The molecule has 10 nitrogen and oxygen atoms in total. The lowest BCUT2D eigenvalue weighted by Gasteiger charge is -2.15. The molecule has 11 heteroatoms. The van der Waals surface area contributed by atoms with Crippen molar-refractivity contribution in [2.24, 2.45) is 7.05 Å². The second-order valence-electron chi connectivity index (χ2n) is 6.90. The number of aromatic nitrogens is 2. The van der Waals surface area contributed by atoms with E-state index in [1.54, 1.807) is 27.0 Å². The van der Waals surface area contributed by atoms with E-state index in [2.05, 4.69) is 10.5 Å². The smallest absolute Gasteiger partial charge is 0.355 e. The molecule has 3 heterocycles. The summed E-state index contributed by atoms with van der Waals surface area (Å²) in [6.45, 7) is 4.32. The fraction of sp³-hybridized carbons (Fsp3) is 0.500. The van der Waals surface area contributed by atoms with Gasteiger partial charge in [-0.05, 0) is 32.3 Å². The van der Waals surface area contributed by atoms with Gasteiger partial charge in [0.25, 0.3) is 5.91 Å². The van der Waals surface area contributed by atoms with Crippen molar-refractivity contribution in [1.82, 2.24) is 14.0 Å². The summed E-state index contributed by atoms with van der Waals surface area (Å²) < 4.78 is 38.4. The molecule has 1 atom stereocenters. The number of esters is 1. The summed E-state index contributed by atoms with van der Waals surface area (Å²) in [5.41, 5.74) is 0.0475. The Bertz CT molecular complexity index is 1000. The maximum absolute atomic E-state index is 12.7. The zero-order chi connectivity index (χ0) is 21.2. The average molecular weight is 424 g/mol. The van der Waals surface area contributed by atoms with Gasteiger partial charge in [0.05, 0.1) is 0 Å². The lowest BCUT2D eigenvalue weighted by molar-refractivity contribution is -0.124. The molecule has 1 saturated heterocycles. The quantitative estimate of drug-likeness (QED) is 0.671. The van der Waals surface area contributed by atoms with Crippen molar-refractivity contribution in [3.63, 3.8) is 0 Å². The number of carbonyl (C=O) groups is 2. The number of hydrogen-bond donors (Lipinski definition) is 1. The van der Waals surface area contributed by atoms with Crippen molar-refractivity contribution in [3.05, 3.63) is 29.8 Å². The van der Waals surface area contributed by atoms with Crippen LogP contribution in [0.1, 0.15) is 42.4 Å². The van der Waals surface area contributed by atoms with Gasteiger partial charge in [-0.2, -0.15) is 4.31 Å². The van der Waals surface area contributed by atoms with Crippen LogP contribution in [0.3, 0.4) is 0 Å². The predicted octanol–water partition coefficient (Wildman–Crippen LogP) is 1.68. The van der Waals surface area contributed by atoms with Crippen LogP contribution in [0.15, 0.2) is 27.7 Å². The number of aryl methyl sites for hydroxylation is 2. The zero-order valence-electron chi connectivity index (χ0n) is 16.5. The second kappa shape index (κ2) is 8.37. The number of nitrogens with one attached hydrogen (secondary N) is 1. The molecule has 158 valence electrons. The van der Waals surface area contributed by atoms with Gasteiger partial charge < -0.3 is 19.1 Å². The van der Waals surface area contributed by atoms with Crippen molar-refractivity contribution >= 4 is 27.7 Å². The second-order valence-corrected chi connectivity index (χ2v) is 8.84. The molecule has 1 fully saturated rings. The number of rotatable bonds is 7. The molecule has 1 amide bonds. The number of sulfonamides is 1. The Labute approximate surface area is 168 Å². The summed E-state index contributed by atoms with van der Waals surface area (Å²) in [6, 6.07) is 2.82. The Morgan fingerprint density at radius 1 is 1.31 bits per heavy atom. The third-order valence-corrected chi connectivity index (χ3v) is 6.55. The Balaban J connectivity index is 1.72. The molecule has 0 bridgehead atoms. The molecule has 0 spiro atoms. The number of hydrogen-bond acceptors (Lipinski definition) is 7. The van der Waals surface area contributed by atoms with Crippen LogP contribution in [0.5, 0.6) is 0 Å². The molecule has 29 heavy (non-hydrogen) atoms. The minimum Gasteiger partial charge on any atom is -0.448 e. The van der Waals surface area contributed by atoms with E-state index in [0.717, 1.165) is 12.8 Å². The van der Waals surface area contributed by atoms with Crippen molar-refractivity contribution in [3.8, 4) is 0 Å². The Hall–Kier alpha value is -2.66. The van der Waals surface area contributed by atoms with Gasteiger partial charge in [-0.15, -0.1) is 0 Å². The number of nitrogens with zero attached hydrogens (tertiary/aromatic N) is 3. The highest BCUT2D eigenvalue weighted by Gasteiger charge is 2.31. The minimum absolute atomic E-state index is 0.0319. The van der Waals surface area contributed by atoms with Crippen LogP contribution >= 0.6 is 0 Å². The van der Waals surface area contributed by atoms with Crippen molar-refractivity contribution in [2.45, 2.75) is 44.1 Å². The Kier molecular flexibility index (Phi) is 6.08. The monoisotopic (exact) mass is 424 g/mol. The first-order valence-corrected chi connectivity index (χ1v) is 10.8. The summed E-state index contributed by atoms with van der Waals surface area (Å²) >= 11 is 0. The molecule has 1 N–H and O–H groups in total. The van der Waals surface area contributed by atoms with Gasteiger partial charge >= 0.3 is 5.97 Å². The SMILES string of the molecule is CC[C@@H](OC(=O)c1cc(S(=O)(=O)N2CCCC2)cn1C)C(=O)Nc1cc(C)on1. The van der Waals surface area contributed by atoms with Crippen LogP contribution in [0.2, 0.25) is 0 Å². The van der Waals surface area contributed by atoms with Crippen LogP contribution in [-0.4, -0.2) is 53.5 Å². The van der Waals surface area contributed by atoms with Gasteiger partial charge in [-0.1, -0.05) is 12.1 Å². The largest absolute Gasteiger partial charge is 0.448 e. The normalized spacial score (nSPS) is 16.0. The van der Waals surface area contributed by atoms with Crippen LogP contribution in [0.25, 0.3) is 0 Å². The van der Waals surface area contributed by atoms with E-state index in [-0.39, 0.29) is 22.8 Å². The fourth-order valence-corrected chi connectivity index (χ4v) is 4.69. The van der Waals surface area contributed by atoms with E-state index in [9.17, 15) is 18.0 Å². The standard InChI is InChI=1S/C18H24N4O6S/c1-4-15(17(23)19-16-9-12(2)28-20-16)27-18(24)14-10-13(11-21(14)3)29(25,26)22-7-5-6-8-22/h9-11,15H,4-8H2,1-3H3,(H,19,20,23)/t15-/m1/s1. The predicted molar refractivity (Wildman–Crippen MR) is 103 cm³/mol. The molecule has 1 aliphatic rings. The first kappa shape index (κ1) is 21.1. The maximum atomic E-state index is 12.7. The van der Waals surface area contributed by atoms with Crippen molar-refractivity contribution in [2.75, 3.05) is 18.4 Å². The van der Waals surface area contributed by atoms with E-state index >= 15 is 0 Å². The zero-order valence-corrected chi connectivity index (χ0v) is 17.4. The lowest BCUT2D eigenvalue weighted by atomic mass is 10.2. The maximum Gasteiger partial charge on any atom is 0.355 e. The number of amides is 1. The van der Waals surface area contributed by atoms with E-state index in [4.69, 9.17) is 9.26 Å². The molecular weight excluding hydrogens is 400 g/mol. The first-order chi connectivity index (χ1) is 13.7. The van der Waals surface area contributed by atoms with Gasteiger partial charge in [0.1, 0.15) is 16.3 Å². The Morgan fingerprint density at radius 3 is 2.59 bits per heavy atom. The van der Waals surface area contributed by atoms with E-state index in [1.807, 2.05) is 0 Å². The first-order valence-electron chi connectivity index (χ1n) is 9.34. The molecule has 2 aromatic rings. The third kappa shape index (κ3) is 4.51. The molecular formula is C18H24N4O6S. The van der Waals surface area contributed by atoms with Gasteiger partial charge in [0.2, 0.25) is 10.0 Å². The summed E-state index contributed by atoms with van der Waals surface area (Å²) in [6.07, 6.45) is 2.19. The van der Waals surface area contributed by atoms with E-state index in [0.29, 0.717) is 18.8 Å².